The predicted molar refractivity (Wildman–Crippen MR) is 90.9 cm³/mol. The van der Waals surface area contributed by atoms with Crippen LogP contribution in [-0.2, 0) is 16.9 Å². The van der Waals surface area contributed by atoms with Crippen LogP contribution in [0.25, 0.3) is 0 Å². The number of nitrogens with zero attached hydrogens (tertiary/aromatic N) is 3. The SMILES string of the molecule is CCC1(c2ccc(Cl)cc2)NC(=O)N(Cc2nc(C(C)C)no2)C1=O. The predicted octanol–water partition coefficient (Wildman–Crippen LogP) is 3.20. The number of carbonyl (C=O) groups is 2. The Hall–Kier alpha value is -2.41. The maximum atomic E-state index is 13.0. The second kappa shape index (κ2) is 6.48. The van der Waals surface area contributed by atoms with E-state index in [1.807, 2.05) is 20.8 Å². The highest BCUT2D eigenvalue weighted by Crippen LogP contribution is 2.33. The molecule has 1 aromatic heterocycles. The van der Waals surface area contributed by atoms with Crippen LogP contribution >= 0.6 is 11.6 Å². The molecule has 3 rings (SSSR count). The van der Waals surface area contributed by atoms with Gasteiger partial charge in [0.1, 0.15) is 12.1 Å². The van der Waals surface area contributed by atoms with E-state index in [-0.39, 0.29) is 24.3 Å². The van der Waals surface area contributed by atoms with Gasteiger partial charge >= 0.3 is 6.03 Å². The number of halogens is 1. The maximum Gasteiger partial charge on any atom is 0.325 e. The molecule has 0 saturated carbocycles. The summed E-state index contributed by atoms with van der Waals surface area (Å²) in [5.41, 5.74) is -0.420. The van der Waals surface area contributed by atoms with Crippen molar-refractivity contribution in [2.45, 2.75) is 45.2 Å². The number of hydrogen-bond acceptors (Lipinski definition) is 5. The normalized spacial score (nSPS) is 20.4. The number of hydrogen-bond donors (Lipinski definition) is 1. The second-order valence-corrected chi connectivity index (χ2v) is 6.72. The molecule has 1 aliphatic heterocycles. The highest BCUT2D eigenvalue weighted by molar-refractivity contribution is 6.30. The third-order valence-corrected chi connectivity index (χ3v) is 4.59. The highest BCUT2D eigenvalue weighted by Gasteiger charge is 2.51. The Balaban J connectivity index is 1.88. The molecular weight excluding hydrogens is 344 g/mol. The summed E-state index contributed by atoms with van der Waals surface area (Å²) in [4.78, 5) is 30.8. The Morgan fingerprint density at radius 2 is 1.96 bits per heavy atom. The molecule has 7 nitrogen and oxygen atoms in total. The zero-order valence-corrected chi connectivity index (χ0v) is 15.0. The van der Waals surface area contributed by atoms with Gasteiger partial charge in [-0.2, -0.15) is 4.98 Å². The van der Waals surface area contributed by atoms with Crippen molar-refractivity contribution in [3.63, 3.8) is 0 Å². The van der Waals surface area contributed by atoms with Crippen molar-refractivity contribution in [3.8, 4) is 0 Å². The summed E-state index contributed by atoms with van der Waals surface area (Å²) in [6, 6.07) is 6.41. The molecule has 0 radical (unpaired) electrons. The zero-order chi connectivity index (χ0) is 18.2. The Bertz CT molecular complexity index is 802. The number of nitrogens with one attached hydrogen (secondary N) is 1. The molecule has 0 aliphatic carbocycles. The van der Waals surface area contributed by atoms with Gasteiger partial charge in [0.2, 0.25) is 5.89 Å². The van der Waals surface area contributed by atoms with Gasteiger partial charge in [0, 0.05) is 10.9 Å². The third-order valence-electron chi connectivity index (χ3n) is 4.34. The van der Waals surface area contributed by atoms with Crippen molar-refractivity contribution in [2.75, 3.05) is 0 Å². The molecule has 1 unspecified atom stereocenters. The fourth-order valence-corrected chi connectivity index (χ4v) is 2.97. The average Bonchev–Trinajstić information content (AvgIpc) is 3.15. The quantitative estimate of drug-likeness (QED) is 0.825. The molecule has 8 heteroatoms. The van der Waals surface area contributed by atoms with Gasteiger partial charge in [0.15, 0.2) is 5.82 Å². The molecule has 3 amide bonds. The highest BCUT2D eigenvalue weighted by atomic mass is 35.5. The van der Waals surface area contributed by atoms with Crippen LogP contribution in [0.1, 0.15) is 50.4 Å². The summed E-state index contributed by atoms with van der Waals surface area (Å²) in [7, 11) is 0. The van der Waals surface area contributed by atoms with Crippen LogP contribution in [0, 0.1) is 0 Å². The molecule has 0 bridgehead atoms. The summed E-state index contributed by atoms with van der Waals surface area (Å²) in [6.45, 7) is 5.66. The average molecular weight is 363 g/mol. The lowest BCUT2D eigenvalue weighted by Gasteiger charge is -2.25. The van der Waals surface area contributed by atoms with E-state index in [1.165, 1.54) is 0 Å². The summed E-state index contributed by atoms with van der Waals surface area (Å²) < 4.78 is 5.16. The van der Waals surface area contributed by atoms with Gasteiger partial charge < -0.3 is 9.84 Å². The van der Waals surface area contributed by atoms with E-state index < -0.39 is 11.6 Å². The van der Waals surface area contributed by atoms with E-state index in [9.17, 15) is 9.59 Å². The molecule has 1 saturated heterocycles. The smallest absolute Gasteiger partial charge is 0.325 e. The molecule has 1 aliphatic rings. The molecule has 2 heterocycles. The molecule has 1 atom stereocenters. The molecule has 1 aromatic carbocycles. The molecular formula is C17H19ClN4O3. The van der Waals surface area contributed by atoms with Crippen LogP contribution in [0.3, 0.4) is 0 Å². The first-order chi connectivity index (χ1) is 11.9. The molecule has 2 aromatic rings. The summed E-state index contributed by atoms with van der Waals surface area (Å²) in [6.07, 6.45) is 0.413. The van der Waals surface area contributed by atoms with Crippen LogP contribution in [0.2, 0.25) is 5.02 Å². The van der Waals surface area contributed by atoms with E-state index >= 15 is 0 Å². The van der Waals surface area contributed by atoms with Crippen LogP contribution < -0.4 is 5.32 Å². The Labute approximate surface area is 150 Å². The largest absolute Gasteiger partial charge is 0.337 e. The first-order valence-corrected chi connectivity index (χ1v) is 8.48. The van der Waals surface area contributed by atoms with Gasteiger partial charge in [-0.05, 0) is 24.1 Å². The fraction of sp³-hybridized carbons (Fsp3) is 0.412. The minimum absolute atomic E-state index is 0.0558. The number of amides is 3. The summed E-state index contributed by atoms with van der Waals surface area (Å²) in [5, 5.41) is 7.23. The molecule has 25 heavy (non-hydrogen) atoms. The Morgan fingerprint density at radius 1 is 1.28 bits per heavy atom. The van der Waals surface area contributed by atoms with Crippen LogP contribution in [0.15, 0.2) is 28.8 Å². The standard InChI is InChI=1S/C17H19ClN4O3/c1-4-17(11-5-7-12(18)8-6-11)15(23)22(16(24)20-17)9-13-19-14(10(2)3)21-25-13/h5-8,10H,4,9H2,1-3H3,(H,20,24). The fourth-order valence-electron chi connectivity index (χ4n) is 2.85. The molecule has 0 spiro atoms. The first kappa shape index (κ1) is 17.4. The van der Waals surface area contributed by atoms with Crippen molar-refractivity contribution in [3.05, 3.63) is 46.6 Å². The number of rotatable bonds is 5. The maximum absolute atomic E-state index is 13.0. The monoisotopic (exact) mass is 362 g/mol. The van der Waals surface area contributed by atoms with Crippen molar-refractivity contribution >= 4 is 23.5 Å². The Morgan fingerprint density at radius 3 is 2.52 bits per heavy atom. The van der Waals surface area contributed by atoms with Gasteiger partial charge in [0.05, 0.1) is 0 Å². The van der Waals surface area contributed by atoms with E-state index in [4.69, 9.17) is 16.1 Å². The molecule has 1 fully saturated rings. The minimum Gasteiger partial charge on any atom is -0.337 e. The van der Waals surface area contributed by atoms with Crippen LogP contribution in [-0.4, -0.2) is 27.0 Å². The summed E-state index contributed by atoms with van der Waals surface area (Å²) >= 11 is 5.93. The lowest BCUT2D eigenvalue weighted by Crippen LogP contribution is -2.43. The Kier molecular flexibility index (Phi) is 4.51. The van der Waals surface area contributed by atoms with Crippen molar-refractivity contribution < 1.29 is 14.1 Å². The third kappa shape index (κ3) is 3.00. The second-order valence-electron chi connectivity index (χ2n) is 6.29. The lowest BCUT2D eigenvalue weighted by molar-refractivity contribution is -0.132. The number of carbonyl (C=O) groups excluding carboxylic acids is 2. The van der Waals surface area contributed by atoms with E-state index in [2.05, 4.69) is 15.5 Å². The van der Waals surface area contributed by atoms with Crippen molar-refractivity contribution in [2.24, 2.45) is 0 Å². The first-order valence-electron chi connectivity index (χ1n) is 8.10. The van der Waals surface area contributed by atoms with E-state index in [0.29, 0.717) is 22.8 Å². The number of benzene rings is 1. The van der Waals surface area contributed by atoms with Gasteiger partial charge in [-0.15, -0.1) is 0 Å². The molecule has 132 valence electrons. The van der Waals surface area contributed by atoms with Crippen LogP contribution in [0.5, 0.6) is 0 Å². The zero-order valence-electron chi connectivity index (χ0n) is 14.2. The minimum atomic E-state index is -1.11. The van der Waals surface area contributed by atoms with Crippen LogP contribution in [0.4, 0.5) is 4.79 Å². The number of aromatic nitrogens is 2. The van der Waals surface area contributed by atoms with Gasteiger partial charge in [-0.3, -0.25) is 9.69 Å². The van der Waals surface area contributed by atoms with E-state index in [1.54, 1.807) is 24.3 Å². The van der Waals surface area contributed by atoms with Gasteiger partial charge in [-0.1, -0.05) is 49.7 Å². The van der Waals surface area contributed by atoms with E-state index in [0.717, 1.165) is 4.90 Å². The van der Waals surface area contributed by atoms with Gasteiger partial charge in [0.25, 0.3) is 5.91 Å². The van der Waals surface area contributed by atoms with Gasteiger partial charge in [-0.25, -0.2) is 4.79 Å². The number of urea groups is 1. The van der Waals surface area contributed by atoms with Crippen molar-refractivity contribution in [1.82, 2.24) is 20.4 Å². The van der Waals surface area contributed by atoms with Crippen molar-refractivity contribution in [1.29, 1.82) is 0 Å². The lowest BCUT2D eigenvalue weighted by atomic mass is 9.87. The topological polar surface area (TPSA) is 88.3 Å². The molecule has 1 N–H and O–H groups in total. The number of imide groups is 1. The summed E-state index contributed by atoms with van der Waals surface area (Å²) in [5.74, 6) is 0.535.